The Labute approximate surface area is 165 Å². The number of ether oxygens (including phenoxy) is 1. The molecule has 0 saturated heterocycles. The molecule has 1 aromatic heterocycles. The molecule has 4 rings (SSSR count). The minimum absolute atomic E-state index is 0.147. The smallest absolute Gasteiger partial charge is 0.349 e. The number of hydrogen-bond acceptors (Lipinski definition) is 6. The minimum atomic E-state index is -1.74. The molecule has 0 aliphatic carbocycles. The number of esters is 1. The summed E-state index contributed by atoms with van der Waals surface area (Å²) in [6, 6.07) is 1.76. The third-order valence-corrected chi connectivity index (χ3v) is 6.86. The number of hydrogen-bond donors (Lipinski definition) is 1. The third-order valence-electron chi connectivity index (χ3n) is 5.48. The van der Waals surface area contributed by atoms with Gasteiger partial charge >= 0.3 is 5.97 Å². The van der Waals surface area contributed by atoms with Gasteiger partial charge in [0.05, 0.1) is 28.2 Å². The molecule has 1 N–H and O–H groups in total. The molecular weight excluding hydrogens is 383 g/mol. The third kappa shape index (κ3) is 2.54. The van der Waals surface area contributed by atoms with Crippen LogP contribution in [0.15, 0.2) is 44.7 Å². The predicted octanol–water partition coefficient (Wildman–Crippen LogP) is 2.82. The van der Waals surface area contributed by atoms with Crippen LogP contribution in [0.1, 0.15) is 44.9 Å². The van der Waals surface area contributed by atoms with E-state index in [0.717, 1.165) is 11.8 Å². The number of cyclic esters (lactones) is 1. The van der Waals surface area contributed by atoms with Crippen LogP contribution in [0.2, 0.25) is 0 Å². The molecule has 28 heavy (non-hydrogen) atoms. The van der Waals surface area contributed by atoms with Gasteiger partial charge in [-0.1, -0.05) is 25.3 Å². The number of fused-ring (bicyclic) bond motifs is 5. The maximum Gasteiger partial charge on any atom is 0.349 e. The summed E-state index contributed by atoms with van der Waals surface area (Å²) in [5.74, 6) is -0.751. The maximum atomic E-state index is 13.5. The van der Waals surface area contributed by atoms with Crippen molar-refractivity contribution in [1.82, 2.24) is 4.57 Å². The SMILES string of the molecule is C=C1CC2(C)C(=N/C1=C/C(C)F)c1cc3c(c(=O)n12)COC(=O)[C@](O)(CC)S3. The number of rotatable bonds is 2. The highest BCUT2D eigenvalue weighted by Crippen LogP contribution is 2.46. The molecule has 3 aliphatic heterocycles. The first-order chi connectivity index (χ1) is 13.1. The Morgan fingerprint density at radius 1 is 1.54 bits per heavy atom. The Balaban J connectivity index is 1.89. The number of aromatic nitrogens is 1. The molecule has 3 atom stereocenters. The van der Waals surface area contributed by atoms with E-state index in [1.54, 1.807) is 17.6 Å². The number of nitrogens with zero attached hydrogens (tertiary/aromatic N) is 2. The summed E-state index contributed by atoms with van der Waals surface area (Å²) < 4.78 is 20.3. The van der Waals surface area contributed by atoms with Gasteiger partial charge in [0.2, 0.25) is 4.93 Å². The van der Waals surface area contributed by atoms with Crippen LogP contribution in [-0.2, 0) is 21.7 Å². The number of aliphatic imine (C=N–C) groups is 1. The van der Waals surface area contributed by atoms with Crippen LogP contribution in [0.3, 0.4) is 0 Å². The monoisotopic (exact) mass is 404 g/mol. The van der Waals surface area contributed by atoms with Crippen LogP contribution in [0.4, 0.5) is 4.39 Å². The molecule has 8 heteroatoms. The molecule has 0 radical (unpaired) electrons. The molecular formula is C20H21FN2O4S. The summed E-state index contributed by atoms with van der Waals surface area (Å²) in [4.78, 5) is 28.7. The molecule has 1 aromatic rings. The highest BCUT2D eigenvalue weighted by Gasteiger charge is 2.51. The Bertz CT molecular complexity index is 1040. The lowest BCUT2D eigenvalue weighted by molar-refractivity contribution is -0.157. The number of thioether (sulfide) groups is 1. The second kappa shape index (κ2) is 6.15. The van der Waals surface area contributed by atoms with Crippen LogP contribution >= 0.6 is 11.8 Å². The molecule has 0 bridgehead atoms. The number of carbonyl (C=O) groups is 1. The van der Waals surface area contributed by atoms with E-state index in [-0.39, 0.29) is 18.6 Å². The van der Waals surface area contributed by atoms with Crippen LogP contribution in [0.5, 0.6) is 0 Å². The van der Waals surface area contributed by atoms with Gasteiger partial charge in [-0.05, 0) is 38.0 Å². The van der Waals surface area contributed by atoms with Crippen molar-refractivity contribution in [2.24, 2.45) is 4.99 Å². The van der Waals surface area contributed by atoms with E-state index in [1.807, 2.05) is 6.92 Å². The van der Waals surface area contributed by atoms with E-state index in [9.17, 15) is 19.1 Å². The van der Waals surface area contributed by atoms with Crippen molar-refractivity contribution < 1.29 is 19.0 Å². The number of pyridine rings is 1. The van der Waals surface area contributed by atoms with Gasteiger partial charge in [-0.2, -0.15) is 0 Å². The number of halogens is 1. The van der Waals surface area contributed by atoms with Crippen molar-refractivity contribution in [3.63, 3.8) is 0 Å². The first-order valence-corrected chi connectivity index (χ1v) is 9.94. The Morgan fingerprint density at radius 3 is 2.89 bits per heavy atom. The van der Waals surface area contributed by atoms with Gasteiger partial charge in [0.15, 0.2) is 0 Å². The molecule has 6 nitrogen and oxygen atoms in total. The number of carbonyl (C=O) groups excluding carboxylic acids is 1. The molecule has 3 aliphatic rings. The van der Waals surface area contributed by atoms with E-state index < -0.39 is 22.6 Å². The van der Waals surface area contributed by atoms with Gasteiger partial charge in [0.25, 0.3) is 5.56 Å². The summed E-state index contributed by atoms with van der Waals surface area (Å²) in [6.07, 6.45) is 0.847. The minimum Gasteiger partial charge on any atom is -0.458 e. The summed E-state index contributed by atoms with van der Waals surface area (Å²) in [6.45, 7) is 8.80. The first kappa shape index (κ1) is 19.1. The average molecular weight is 404 g/mol. The van der Waals surface area contributed by atoms with E-state index >= 15 is 0 Å². The fourth-order valence-corrected chi connectivity index (χ4v) is 5.04. The van der Waals surface area contributed by atoms with Crippen molar-refractivity contribution in [3.8, 4) is 0 Å². The highest BCUT2D eigenvalue weighted by molar-refractivity contribution is 8.01. The molecule has 2 unspecified atom stereocenters. The molecule has 0 spiro atoms. The van der Waals surface area contributed by atoms with E-state index in [1.165, 1.54) is 13.0 Å². The standard InChI is InChI=1S/C20H21FN2O4S/c1-5-20(26)18(25)27-9-12-15(28-20)7-14-16-19(4,23(14)17(12)24)8-10(2)13(22-16)6-11(3)21/h6-7,11,26H,2,5,8-9H2,1,3-4H3/b13-6+/t11?,19?,20-/m0/s1. The van der Waals surface area contributed by atoms with Gasteiger partial charge in [-0.3, -0.25) is 9.36 Å². The topological polar surface area (TPSA) is 80.9 Å². The lowest BCUT2D eigenvalue weighted by atomic mass is 9.75. The highest BCUT2D eigenvalue weighted by atomic mass is 32.2. The second-order valence-corrected chi connectivity index (χ2v) is 8.89. The molecule has 0 fully saturated rings. The molecule has 0 amide bonds. The van der Waals surface area contributed by atoms with Gasteiger partial charge in [-0.25, -0.2) is 14.2 Å². The predicted molar refractivity (Wildman–Crippen MR) is 104 cm³/mol. The van der Waals surface area contributed by atoms with Crippen molar-refractivity contribution in [1.29, 1.82) is 0 Å². The van der Waals surface area contributed by atoms with Crippen LogP contribution in [0.25, 0.3) is 0 Å². The molecule has 148 valence electrons. The normalized spacial score (nSPS) is 31.0. The van der Waals surface area contributed by atoms with Gasteiger partial charge in [0.1, 0.15) is 12.8 Å². The quantitative estimate of drug-likeness (QED) is 0.767. The first-order valence-electron chi connectivity index (χ1n) is 9.12. The second-order valence-electron chi connectivity index (χ2n) is 7.57. The van der Waals surface area contributed by atoms with E-state index in [2.05, 4.69) is 11.6 Å². The fourth-order valence-electron chi connectivity index (χ4n) is 3.95. The Hall–Kier alpha value is -2.19. The maximum absolute atomic E-state index is 13.5. The largest absolute Gasteiger partial charge is 0.458 e. The van der Waals surface area contributed by atoms with E-state index in [0.29, 0.717) is 39.6 Å². The Morgan fingerprint density at radius 2 is 2.25 bits per heavy atom. The zero-order valence-corrected chi connectivity index (χ0v) is 16.7. The van der Waals surface area contributed by atoms with Crippen LogP contribution in [0, 0.1) is 0 Å². The van der Waals surface area contributed by atoms with Crippen molar-refractivity contribution in [2.45, 2.75) is 61.8 Å². The number of aliphatic hydroxyl groups is 1. The molecule has 0 aromatic carbocycles. The summed E-state index contributed by atoms with van der Waals surface area (Å²) in [5.41, 5.74) is 1.86. The summed E-state index contributed by atoms with van der Waals surface area (Å²) in [7, 11) is 0. The van der Waals surface area contributed by atoms with Crippen molar-refractivity contribution in [3.05, 3.63) is 51.6 Å². The lowest BCUT2D eigenvalue weighted by Gasteiger charge is -2.47. The van der Waals surface area contributed by atoms with Gasteiger partial charge in [0, 0.05) is 11.3 Å². The van der Waals surface area contributed by atoms with Crippen molar-refractivity contribution in [2.75, 3.05) is 0 Å². The summed E-state index contributed by atoms with van der Waals surface area (Å²) in [5, 5.41) is 10.6. The van der Waals surface area contributed by atoms with Crippen molar-refractivity contribution >= 4 is 23.4 Å². The molecule has 4 heterocycles. The number of allylic oxidation sites excluding steroid dienone is 2. The van der Waals surface area contributed by atoms with Gasteiger partial charge in [-0.15, -0.1) is 0 Å². The van der Waals surface area contributed by atoms with Crippen LogP contribution in [-0.4, -0.2) is 32.5 Å². The summed E-state index contributed by atoms with van der Waals surface area (Å²) >= 11 is 0.930. The zero-order valence-electron chi connectivity index (χ0n) is 15.9. The van der Waals surface area contributed by atoms with Crippen LogP contribution < -0.4 is 5.56 Å². The zero-order chi connectivity index (χ0) is 20.4. The average Bonchev–Trinajstić information content (AvgIpc) is 2.74. The van der Waals surface area contributed by atoms with E-state index in [4.69, 9.17) is 4.74 Å². The Kier molecular flexibility index (Phi) is 4.21. The molecule has 0 saturated carbocycles. The van der Waals surface area contributed by atoms with Gasteiger partial charge < -0.3 is 9.84 Å². The lowest BCUT2D eigenvalue weighted by Crippen LogP contribution is -2.59. The number of alkyl halides is 1. The fraction of sp³-hybridized carbons (Fsp3) is 0.450.